The van der Waals surface area contributed by atoms with E-state index in [9.17, 15) is 14.9 Å². The number of allylic oxidation sites excluding steroid dienone is 2. The van der Waals surface area contributed by atoms with Gasteiger partial charge in [-0.2, -0.15) is 5.26 Å². The average molecular weight is 583 g/mol. The Morgan fingerprint density at radius 3 is 2.52 bits per heavy atom. The summed E-state index contributed by atoms with van der Waals surface area (Å²) in [7, 11) is 1.54. The summed E-state index contributed by atoms with van der Waals surface area (Å²) in [5, 5.41) is 19.9. The van der Waals surface area contributed by atoms with Gasteiger partial charge in [0, 0.05) is 23.0 Å². The summed E-state index contributed by atoms with van der Waals surface area (Å²) in [6.07, 6.45) is 1.99. The molecule has 0 bridgehead atoms. The van der Waals surface area contributed by atoms with Crippen molar-refractivity contribution in [1.82, 2.24) is 5.32 Å². The SMILES string of the molecule is CCCCOc1cccc(NC(=O)CSC2=C(C#N)[C@@H](c3ccccc3)C(C(=O)Nc3ccccc3OC)=C(C)N2)c1. The molecule has 0 radical (unpaired) electrons. The summed E-state index contributed by atoms with van der Waals surface area (Å²) in [5.74, 6) is 0.0770. The van der Waals surface area contributed by atoms with Gasteiger partial charge in [0.1, 0.15) is 11.5 Å². The van der Waals surface area contributed by atoms with Gasteiger partial charge in [0.2, 0.25) is 5.91 Å². The van der Waals surface area contributed by atoms with E-state index in [0.717, 1.165) is 18.4 Å². The monoisotopic (exact) mass is 582 g/mol. The molecular formula is C33H34N4O4S. The van der Waals surface area contributed by atoms with E-state index < -0.39 is 5.92 Å². The van der Waals surface area contributed by atoms with E-state index in [1.807, 2.05) is 54.6 Å². The Balaban J connectivity index is 1.54. The van der Waals surface area contributed by atoms with Gasteiger partial charge in [-0.25, -0.2) is 0 Å². The number of nitrogens with zero attached hydrogens (tertiary/aromatic N) is 1. The highest BCUT2D eigenvalue weighted by Crippen LogP contribution is 2.41. The number of carbonyl (C=O) groups is 2. The molecule has 9 heteroatoms. The molecule has 3 N–H and O–H groups in total. The number of ether oxygens (including phenoxy) is 2. The van der Waals surface area contributed by atoms with Crippen molar-refractivity contribution >= 4 is 35.0 Å². The Kier molecular flexibility index (Phi) is 10.7. The van der Waals surface area contributed by atoms with Crippen molar-refractivity contribution in [1.29, 1.82) is 5.26 Å². The third-order valence-corrected chi connectivity index (χ3v) is 7.63. The van der Waals surface area contributed by atoms with E-state index in [2.05, 4.69) is 28.9 Å². The van der Waals surface area contributed by atoms with Crippen molar-refractivity contribution in [2.45, 2.75) is 32.6 Å². The standard InChI is InChI=1S/C33H34N4O4S/c1-4-5-18-41-25-15-11-14-24(19-25)36-29(38)21-42-33-26(20-34)31(23-12-7-6-8-13-23)30(22(2)35-33)32(39)37-27-16-9-10-17-28(27)40-3/h6-17,19,31,35H,4-5,18,21H2,1-3H3,(H,36,38)(H,37,39)/t31-/m1/s1. The predicted molar refractivity (Wildman–Crippen MR) is 167 cm³/mol. The van der Waals surface area contributed by atoms with Crippen LogP contribution >= 0.6 is 11.8 Å². The van der Waals surface area contributed by atoms with Gasteiger partial charge in [0.15, 0.2) is 0 Å². The fraction of sp³-hybridized carbons (Fsp3) is 0.242. The van der Waals surface area contributed by atoms with Crippen LogP contribution in [0.4, 0.5) is 11.4 Å². The van der Waals surface area contributed by atoms with Gasteiger partial charge in [0.05, 0.1) is 47.7 Å². The lowest BCUT2D eigenvalue weighted by atomic mass is 9.82. The maximum atomic E-state index is 13.7. The first-order chi connectivity index (χ1) is 20.4. The first-order valence-corrected chi connectivity index (χ1v) is 14.7. The van der Waals surface area contributed by atoms with Crippen LogP contribution in [0.1, 0.15) is 38.2 Å². The lowest BCUT2D eigenvalue weighted by molar-refractivity contribution is -0.114. The maximum Gasteiger partial charge on any atom is 0.254 e. The molecule has 0 aliphatic carbocycles. The van der Waals surface area contributed by atoms with Gasteiger partial charge in [-0.1, -0.05) is 73.6 Å². The van der Waals surface area contributed by atoms with E-state index in [-0.39, 0.29) is 17.6 Å². The summed E-state index contributed by atoms with van der Waals surface area (Å²) in [4.78, 5) is 26.6. The molecular weight excluding hydrogens is 548 g/mol. The van der Waals surface area contributed by atoms with Gasteiger partial charge < -0.3 is 25.4 Å². The van der Waals surface area contributed by atoms with Gasteiger partial charge in [-0.05, 0) is 43.2 Å². The molecule has 3 aromatic carbocycles. The fourth-order valence-electron chi connectivity index (χ4n) is 4.58. The molecule has 0 saturated carbocycles. The normalized spacial score (nSPS) is 14.5. The predicted octanol–water partition coefficient (Wildman–Crippen LogP) is 6.58. The number of unbranched alkanes of at least 4 members (excludes halogenated alkanes) is 1. The molecule has 0 unspecified atom stereocenters. The lowest BCUT2D eigenvalue weighted by Crippen LogP contribution is -2.31. The van der Waals surface area contributed by atoms with Crippen LogP contribution in [0.3, 0.4) is 0 Å². The molecule has 1 aliphatic rings. The fourth-order valence-corrected chi connectivity index (χ4v) is 5.47. The van der Waals surface area contributed by atoms with Crippen LogP contribution in [0.2, 0.25) is 0 Å². The minimum absolute atomic E-state index is 0.0615. The number of thioether (sulfide) groups is 1. The summed E-state index contributed by atoms with van der Waals surface area (Å²) >= 11 is 1.22. The van der Waals surface area contributed by atoms with Gasteiger partial charge in [-0.15, -0.1) is 0 Å². The van der Waals surface area contributed by atoms with Crippen molar-refractivity contribution in [2.24, 2.45) is 0 Å². The van der Waals surface area contributed by atoms with Crippen LogP contribution < -0.4 is 25.4 Å². The third-order valence-electron chi connectivity index (χ3n) is 6.61. The van der Waals surface area contributed by atoms with Gasteiger partial charge in [0.25, 0.3) is 5.91 Å². The zero-order valence-electron chi connectivity index (χ0n) is 23.9. The Bertz CT molecular complexity index is 1530. The number of hydrogen-bond acceptors (Lipinski definition) is 7. The second kappa shape index (κ2) is 14.8. The smallest absolute Gasteiger partial charge is 0.254 e. The van der Waals surface area contributed by atoms with Crippen molar-refractivity contribution in [2.75, 3.05) is 30.1 Å². The third kappa shape index (κ3) is 7.53. The molecule has 1 heterocycles. The highest BCUT2D eigenvalue weighted by atomic mass is 32.2. The topological polar surface area (TPSA) is 112 Å². The summed E-state index contributed by atoms with van der Waals surface area (Å²) in [6, 6.07) is 26.2. The summed E-state index contributed by atoms with van der Waals surface area (Å²) in [5.41, 5.74) is 3.32. The Hall–Kier alpha value is -4.68. The molecule has 0 fully saturated rings. The van der Waals surface area contributed by atoms with E-state index in [1.165, 1.54) is 11.8 Å². The number of para-hydroxylation sites is 2. The molecule has 0 aromatic heterocycles. The molecule has 42 heavy (non-hydrogen) atoms. The van der Waals surface area contributed by atoms with Crippen molar-refractivity contribution in [3.8, 4) is 17.6 Å². The van der Waals surface area contributed by atoms with E-state index in [0.29, 0.717) is 51.4 Å². The molecule has 216 valence electrons. The van der Waals surface area contributed by atoms with Crippen LogP contribution in [-0.4, -0.2) is 31.3 Å². The molecule has 1 atom stereocenters. The van der Waals surface area contributed by atoms with E-state index in [4.69, 9.17) is 9.47 Å². The van der Waals surface area contributed by atoms with Crippen LogP contribution in [0, 0.1) is 11.3 Å². The molecule has 4 rings (SSSR count). The van der Waals surface area contributed by atoms with Gasteiger partial charge >= 0.3 is 0 Å². The minimum atomic E-state index is -0.630. The first kappa shape index (κ1) is 30.3. The maximum absolute atomic E-state index is 13.7. The van der Waals surface area contributed by atoms with Gasteiger partial charge in [-0.3, -0.25) is 9.59 Å². The average Bonchev–Trinajstić information content (AvgIpc) is 3.00. The number of dihydropyridines is 1. The number of rotatable bonds is 12. The number of anilines is 2. The minimum Gasteiger partial charge on any atom is -0.495 e. The Labute approximate surface area is 250 Å². The summed E-state index contributed by atoms with van der Waals surface area (Å²) < 4.78 is 11.1. The molecule has 0 saturated heterocycles. The molecule has 2 amide bonds. The number of amides is 2. The highest BCUT2D eigenvalue weighted by molar-refractivity contribution is 8.03. The van der Waals surface area contributed by atoms with Crippen LogP contribution in [0.15, 0.2) is 101 Å². The second-order valence-corrected chi connectivity index (χ2v) is 10.6. The lowest BCUT2D eigenvalue weighted by Gasteiger charge is -2.30. The number of nitrogens with one attached hydrogen (secondary N) is 3. The Morgan fingerprint density at radius 1 is 1.02 bits per heavy atom. The zero-order valence-corrected chi connectivity index (χ0v) is 24.7. The number of nitriles is 1. The van der Waals surface area contributed by atoms with Crippen molar-refractivity contribution in [3.05, 3.63) is 106 Å². The number of carbonyl (C=O) groups excluding carboxylic acids is 2. The van der Waals surface area contributed by atoms with Crippen LogP contribution in [0.25, 0.3) is 0 Å². The van der Waals surface area contributed by atoms with Crippen LogP contribution in [-0.2, 0) is 9.59 Å². The molecule has 8 nitrogen and oxygen atoms in total. The Morgan fingerprint density at radius 2 is 1.79 bits per heavy atom. The largest absolute Gasteiger partial charge is 0.495 e. The highest BCUT2D eigenvalue weighted by Gasteiger charge is 2.35. The van der Waals surface area contributed by atoms with E-state index >= 15 is 0 Å². The first-order valence-electron chi connectivity index (χ1n) is 13.7. The second-order valence-electron chi connectivity index (χ2n) is 9.58. The number of hydrogen-bond donors (Lipinski definition) is 3. The van der Waals surface area contributed by atoms with Crippen LogP contribution in [0.5, 0.6) is 11.5 Å². The quantitative estimate of drug-likeness (QED) is 0.207. The molecule has 3 aromatic rings. The zero-order chi connectivity index (χ0) is 29.9. The summed E-state index contributed by atoms with van der Waals surface area (Å²) in [6.45, 7) is 4.52. The van der Waals surface area contributed by atoms with Crippen molar-refractivity contribution < 1.29 is 19.1 Å². The number of benzene rings is 3. The molecule has 0 spiro atoms. The number of methoxy groups -OCH3 is 1. The van der Waals surface area contributed by atoms with Crippen molar-refractivity contribution in [3.63, 3.8) is 0 Å². The molecule has 1 aliphatic heterocycles. The van der Waals surface area contributed by atoms with E-state index in [1.54, 1.807) is 38.3 Å².